The smallest absolute Gasteiger partial charge is 0.134 e. The van der Waals surface area contributed by atoms with Crippen molar-refractivity contribution in [3.8, 4) is 11.5 Å². The van der Waals surface area contributed by atoms with Crippen LogP contribution >= 0.6 is 0 Å². The number of allylic oxidation sites excluding steroid dienone is 3. The molecule has 0 saturated heterocycles. The lowest BCUT2D eigenvalue weighted by Crippen LogP contribution is -2.48. The summed E-state index contributed by atoms with van der Waals surface area (Å²) in [7, 11) is 1.62. The number of carbonyl (C=O) groups excluding carboxylic acids is 1. The molecule has 2 aliphatic rings. The van der Waals surface area contributed by atoms with Crippen molar-refractivity contribution in [1.29, 1.82) is 0 Å². The molecule has 0 bridgehead atoms. The fourth-order valence-electron chi connectivity index (χ4n) is 5.75. The predicted octanol–water partition coefficient (Wildman–Crippen LogP) is 6.63. The molecule has 0 aromatic heterocycles. The predicted molar refractivity (Wildman–Crippen MR) is 127 cm³/mol. The molecule has 1 saturated carbocycles. The van der Waals surface area contributed by atoms with Crippen LogP contribution in [-0.2, 0) is 4.79 Å². The summed E-state index contributed by atoms with van der Waals surface area (Å²) in [5.41, 5.74) is 3.67. The second kappa shape index (κ2) is 8.03. The summed E-state index contributed by atoms with van der Waals surface area (Å²) in [6, 6.07) is 6.02. The van der Waals surface area contributed by atoms with Gasteiger partial charge in [-0.15, -0.1) is 0 Å². The molecule has 0 N–H and O–H groups in total. The summed E-state index contributed by atoms with van der Waals surface area (Å²) < 4.78 is 11.4. The Balaban J connectivity index is 2.32. The molecule has 0 aliphatic heterocycles. The van der Waals surface area contributed by atoms with Gasteiger partial charge in [0.1, 0.15) is 17.3 Å². The standard InChI is InChI=1S/C26H38O3Si/c1-16-10-12-20-24(25(30(7,8)9)21(27)15-26(20,3)4)23(17(16)2)19-14-18(28-5)11-13-22(19)29-6/h11-14,16,23-25H,2,10,15H2,1,3-9H3/t16-,23+,24?,25?/m1/s1. The molecule has 0 spiro atoms. The Kier molecular flexibility index (Phi) is 6.12. The molecule has 0 heterocycles. The fraction of sp³-hybridized carbons (Fsp3) is 0.577. The number of Topliss-reactive ketones (excluding diaryl/α,β-unsaturated/α-hetero) is 1. The number of rotatable bonds is 4. The Morgan fingerprint density at radius 1 is 1.13 bits per heavy atom. The highest BCUT2D eigenvalue weighted by Crippen LogP contribution is 2.60. The Morgan fingerprint density at radius 3 is 2.37 bits per heavy atom. The number of carbonyl (C=O) groups is 1. The zero-order valence-electron chi connectivity index (χ0n) is 20.0. The van der Waals surface area contributed by atoms with E-state index in [4.69, 9.17) is 9.47 Å². The first-order chi connectivity index (χ1) is 13.9. The molecule has 0 amide bonds. The van der Waals surface area contributed by atoms with E-state index in [-0.39, 0.29) is 22.8 Å². The molecule has 1 fully saturated rings. The molecule has 2 unspecified atom stereocenters. The first kappa shape index (κ1) is 22.9. The van der Waals surface area contributed by atoms with E-state index in [0.717, 1.165) is 23.5 Å². The van der Waals surface area contributed by atoms with Gasteiger partial charge in [0.2, 0.25) is 0 Å². The first-order valence-electron chi connectivity index (χ1n) is 11.1. The van der Waals surface area contributed by atoms with Gasteiger partial charge >= 0.3 is 0 Å². The third-order valence-electron chi connectivity index (χ3n) is 7.25. The zero-order valence-corrected chi connectivity index (χ0v) is 21.0. The summed E-state index contributed by atoms with van der Waals surface area (Å²) in [6.07, 6.45) is 4.04. The molecular weight excluding hydrogens is 388 g/mol. The van der Waals surface area contributed by atoms with Crippen LogP contribution in [0.2, 0.25) is 25.2 Å². The molecule has 1 aromatic carbocycles. The van der Waals surface area contributed by atoms with E-state index in [9.17, 15) is 4.79 Å². The number of fused-ring (bicyclic) bond motifs is 1. The van der Waals surface area contributed by atoms with E-state index < -0.39 is 8.07 Å². The van der Waals surface area contributed by atoms with E-state index >= 15 is 0 Å². The minimum atomic E-state index is -1.79. The molecule has 30 heavy (non-hydrogen) atoms. The van der Waals surface area contributed by atoms with Gasteiger partial charge in [-0.1, -0.05) is 64.2 Å². The van der Waals surface area contributed by atoms with Crippen LogP contribution in [0, 0.1) is 17.3 Å². The quantitative estimate of drug-likeness (QED) is 0.400. The normalized spacial score (nSPS) is 29.0. The molecular formula is C26H38O3Si. The SMILES string of the molecule is C=C1[C@H](C)CC=C2C(C([Si](C)(C)C)C(=O)CC2(C)C)[C@@H]1c1cc(OC)ccc1OC. The molecule has 4 atom stereocenters. The van der Waals surface area contributed by atoms with Crippen molar-refractivity contribution in [3.63, 3.8) is 0 Å². The van der Waals surface area contributed by atoms with E-state index in [2.05, 4.69) is 59.1 Å². The van der Waals surface area contributed by atoms with Crippen LogP contribution in [-0.4, -0.2) is 28.1 Å². The lowest BCUT2D eigenvalue weighted by molar-refractivity contribution is -0.123. The van der Waals surface area contributed by atoms with Crippen LogP contribution < -0.4 is 9.47 Å². The highest BCUT2D eigenvalue weighted by molar-refractivity contribution is 6.80. The van der Waals surface area contributed by atoms with Crippen LogP contribution in [0.15, 0.2) is 42.0 Å². The second-order valence-corrected chi connectivity index (χ2v) is 16.2. The molecule has 164 valence electrons. The van der Waals surface area contributed by atoms with Gasteiger partial charge in [-0.3, -0.25) is 4.79 Å². The van der Waals surface area contributed by atoms with E-state index in [1.165, 1.54) is 11.1 Å². The Labute approximate surface area is 183 Å². The third kappa shape index (κ3) is 3.91. The summed E-state index contributed by atoms with van der Waals surface area (Å²) >= 11 is 0. The minimum Gasteiger partial charge on any atom is -0.497 e. The van der Waals surface area contributed by atoms with Gasteiger partial charge in [-0.25, -0.2) is 0 Å². The molecule has 3 rings (SSSR count). The van der Waals surface area contributed by atoms with Crippen molar-refractivity contribution in [3.05, 3.63) is 47.6 Å². The third-order valence-corrected chi connectivity index (χ3v) is 9.80. The van der Waals surface area contributed by atoms with Crippen molar-refractivity contribution >= 4 is 13.9 Å². The van der Waals surface area contributed by atoms with Crippen molar-refractivity contribution in [2.75, 3.05) is 14.2 Å². The maximum absolute atomic E-state index is 13.6. The molecule has 3 nitrogen and oxygen atoms in total. The second-order valence-electron chi connectivity index (χ2n) is 10.9. The lowest BCUT2D eigenvalue weighted by Gasteiger charge is -2.49. The lowest BCUT2D eigenvalue weighted by atomic mass is 9.61. The minimum absolute atomic E-state index is 0.0408. The van der Waals surface area contributed by atoms with Crippen LogP contribution in [0.1, 0.15) is 45.1 Å². The van der Waals surface area contributed by atoms with Gasteiger partial charge in [0.25, 0.3) is 0 Å². The largest absolute Gasteiger partial charge is 0.497 e. The topological polar surface area (TPSA) is 35.5 Å². The van der Waals surface area contributed by atoms with Gasteiger partial charge in [0.15, 0.2) is 0 Å². The maximum atomic E-state index is 13.6. The molecule has 2 aliphatic carbocycles. The zero-order chi connectivity index (χ0) is 22.4. The number of ether oxygens (including phenoxy) is 2. The van der Waals surface area contributed by atoms with Crippen molar-refractivity contribution in [2.45, 2.75) is 64.7 Å². The van der Waals surface area contributed by atoms with Crippen LogP contribution in [0.25, 0.3) is 0 Å². The van der Waals surface area contributed by atoms with E-state index in [0.29, 0.717) is 18.1 Å². The number of methoxy groups -OCH3 is 2. The monoisotopic (exact) mass is 426 g/mol. The summed E-state index contributed by atoms with van der Waals surface area (Å²) in [5, 5.41) is 0. The van der Waals surface area contributed by atoms with Gasteiger partial charge in [-0.05, 0) is 41.9 Å². The van der Waals surface area contributed by atoms with Crippen LogP contribution in [0.5, 0.6) is 11.5 Å². The van der Waals surface area contributed by atoms with Gasteiger partial charge < -0.3 is 9.47 Å². The van der Waals surface area contributed by atoms with Crippen molar-refractivity contribution in [1.82, 2.24) is 0 Å². The van der Waals surface area contributed by atoms with E-state index in [1.807, 2.05) is 12.1 Å². The van der Waals surface area contributed by atoms with Crippen molar-refractivity contribution in [2.24, 2.45) is 17.3 Å². The number of hydrogen-bond acceptors (Lipinski definition) is 3. The molecule has 4 heteroatoms. The summed E-state index contributed by atoms with van der Waals surface area (Å²) in [6.45, 7) is 18.3. The highest BCUT2D eigenvalue weighted by Gasteiger charge is 2.53. The van der Waals surface area contributed by atoms with E-state index in [1.54, 1.807) is 14.2 Å². The Morgan fingerprint density at radius 2 is 1.80 bits per heavy atom. The first-order valence-corrected chi connectivity index (χ1v) is 14.6. The summed E-state index contributed by atoms with van der Waals surface area (Å²) in [4.78, 5) is 13.6. The van der Waals surface area contributed by atoms with Crippen LogP contribution in [0.4, 0.5) is 0 Å². The summed E-state index contributed by atoms with van der Waals surface area (Å²) in [5.74, 6) is 2.60. The maximum Gasteiger partial charge on any atom is 0.134 e. The molecule has 0 radical (unpaired) electrons. The Hall–Kier alpha value is -1.81. The van der Waals surface area contributed by atoms with Crippen LogP contribution in [0.3, 0.4) is 0 Å². The average molecular weight is 427 g/mol. The Bertz CT molecular complexity index is 875. The average Bonchev–Trinajstić information content (AvgIpc) is 2.77. The number of hydrogen-bond donors (Lipinski definition) is 0. The number of ketones is 1. The fourth-order valence-corrected chi connectivity index (χ4v) is 8.27. The van der Waals surface area contributed by atoms with Crippen molar-refractivity contribution < 1.29 is 14.3 Å². The van der Waals surface area contributed by atoms with Gasteiger partial charge in [0, 0.05) is 23.4 Å². The highest BCUT2D eigenvalue weighted by atomic mass is 28.3. The van der Waals surface area contributed by atoms with Gasteiger partial charge in [0.05, 0.1) is 22.3 Å². The molecule has 1 aromatic rings. The van der Waals surface area contributed by atoms with Gasteiger partial charge in [-0.2, -0.15) is 0 Å². The number of benzene rings is 1.